The highest BCUT2D eigenvalue weighted by Gasteiger charge is 2.30. The predicted octanol–water partition coefficient (Wildman–Crippen LogP) is 6.24. The Morgan fingerprint density at radius 3 is 2.00 bits per heavy atom. The summed E-state index contributed by atoms with van der Waals surface area (Å²) in [4.78, 5) is 26.3. The molecule has 0 aliphatic carbocycles. The van der Waals surface area contributed by atoms with Crippen molar-refractivity contribution in [2.75, 3.05) is 18.8 Å². The van der Waals surface area contributed by atoms with Crippen LogP contribution < -0.4 is 0 Å². The molecule has 0 saturated carbocycles. The summed E-state index contributed by atoms with van der Waals surface area (Å²) in [7, 11) is -3.87. The molecule has 33 heavy (non-hydrogen) atoms. The first-order valence-electron chi connectivity index (χ1n) is 11.8. The first kappa shape index (κ1) is 29.7. The molecule has 0 bridgehead atoms. The number of carbonyl (C=O) groups is 2. The van der Waals surface area contributed by atoms with Crippen LogP contribution in [0, 0.1) is 5.92 Å². The molecule has 0 heterocycles. The van der Waals surface area contributed by atoms with E-state index < -0.39 is 27.5 Å². The third-order valence-corrected chi connectivity index (χ3v) is 8.15. The Bertz CT molecular complexity index is 848. The minimum Gasteiger partial charge on any atom is -0.481 e. The summed E-state index contributed by atoms with van der Waals surface area (Å²) in [5, 5.41) is 9.51. The van der Waals surface area contributed by atoms with Crippen molar-refractivity contribution < 1.29 is 23.1 Å². The first-order valence-corrected chi connectivity index (χ1v) is 14.2. The van der Waals surface area contributed by atoms with E-state index in [1.54, 1.807) is 4.90 Å². The van der Waals surface area contributed by atoms with Gasteiger partial charge in [0.05, 0.1) is 26.6 Å². The largest absolute Gasteiger partial charge is 0.481 e. The lowest BCUT2D eigenvalue weighted by Gasteiger charge is -2.27. The number of carboxylic acids is 1. The van der Waals surface area contributed by atoms with E-state index >= 15 is 0 Å². The molecular formula is C24H37Cl2NO5S. The highest BCUT2D eigenvalue weighted by Crippen LogP contribution is 2.27. The number of hydrogen-bond donors (Lipinski definition) is 1. The van der Waals surface area contributed by atoms with Crippen molar-refractivity contribution >= 4 is 44.9 Å². The van der Waals surface area contributed by atoms with Crippen molar-refractivity contribution in [3.05, 3.63) is 28.2 Å². The van der Waals surface area contributed by atoms with Crippen molar-refractivity contribution in [1.82, 2.24) is 4.90 Å². The Labute approximate surface area is 208 Å². The van der Waals surface area contributed by atoms with E-state index in [2.05, 4.69) is 13.8 Å². The van der Waals surface area contributed by atoms with E-state index in [1.807, 2.05) is 0 Å². The zero-order chi connectivity index (χ0) is 24.9. The molecule has 0 aromatic heterocycles. The van der Waals surface area contributed by atoms with Crippen LogP contribution in [0.3, 0.4) is 0 Å². The summed E-state index contributed by atoms with van der Waals surface area (Å²) >= 11 is 11.9. The minimum atomic E-state index is -3.87. The number of amides is 1. The van der Waals surface area contributed by atoms with E-state index in [-0.39, 0.29) is 33.7 Å². The van der Waals surface area contributed by atoms with E-state index in [1.165, 1.54) is 18.2 Å². The first-order chi connectivity index (χ1) is 15.6. The Kier molecular flexibility index (Phi) is 14.0. The Hall–Kier alpha value is -1.31. The molecule has 0 aliphatic rings. The lowest BCUT2D eigenvalue weighted by molar-refractivity contribution is -0.138. The van der Waals surface area contributed by atoms with Crippen LogP contribution in [-0.2, 0) is 19.4 Å². The molecule has 0 aliphatic heterocycles. The maximum Gasteiger partial charge on any atom is 0.303 e. The van der Waals surface area contributed by atoms with Gasteiger partial charge in [0.15, 0.2) is 9.84 Å². The van der Waals surface area contributed by atoms with Gasteiger partial charge in [0.1, 0.15) is 0 Å². The minimum absolute atomic E-state index is 0.0255. The number of benzene rings is 1. The summed E-state index contributed by atoms with van der Waals surface area (Å²) < 4.78 is 26.1. The number of hydrogen-bond acceptors (Lipinski definition) is 4. The molecule has 1 aromatic rings. The van der Waals surface area contributed by atoms with Gasteiger partial charge in [0.25, 0.3) is 0 Å². The van der Waals surface area contributed by atoms with Crippen LogP contribution >= 0.6 is 23.2 Å². The van der Waals surface area contributed by atoms with E-state index in [0.29, 0.717) is 13.1 Å². The molecule has 1 N–H and O–H groups in total. The van der Waals surface area contributed by atoms with Gasteiger partial charge in [-0.2, -0.15) is 0 Å². The Morgan fingerprint density at radius 2 is 1.52 bits per heavy atom. The van der Waals surface area contributed by atoms with E-state index in [0.717, 1.165) is 51.4 Å². The summed E-state index contributed by atoms with van der Waals surface area (Å²) in [6.45, 7) is 5.34. The fourth-order valence-corrected chi connectivity index (χ4v) is 5.62. The summed E-state index contributed by atoms with van der Waals surface area (Å²) in [6.07, 6.45) is 7.69. The van der Waals surface area contributed by atoms with Crippen LogP contribution in [0.15, 0.2) is 23.1 Å². The topological polar surface area (TPSA) is 91.8 Å². The highest BCUT2D eigenvalue weighted by atomic mass is 35.5. The second-order valence-corrected chi connectivity index (χ2v) is 11.3. The predicted molar refractivity (Wildman–Crippen MR) is 134 cm³/mol. The highest BCUT2D eigenvalue weighted by molar-refractivity contribution is 7.91. The van der Waals surface area contributed by atoms with Crippen molar-refractivity contribution in [3.63, 3.8) is 0 Å². The molecule has 188 valence electrons. The van der Waals surface area contributed by atoms with Crippen LogP contribution in [0.25, 0.3) is 0 Å². The fraction of sp³-hybridized carbons (Fsp3) is 0.667. The van der Waals surface area contributed by atoms with Gasteiger partial charge in [-0.15, -0.1) is 0 Å². The average molecular weight is 523 g/mol. The van der Waals surface area contributed by atoms with Crippen LogP contribution in [0.1, 0.15) is 78.1 Å². The lowest BCUT2D eigenvalue weighted by atomic mass is 10.0. The van der Waals surface area contributed by atoms with Gasteiger partial charge in [-0.3, -0.25) is 9.59 Å². The molecule has 1 unspecified atom stereocenters. The summed E-state index contributed by atoms with van der Waals surface area (Å²) in [5.41, 5.74) is 0. The number of carboxylic acid groups (broad SMARTS) is 1. The third kappa shape index (κ3) is 11.1. The Balaban J connectivity index is 3.07. The van der Waals surface area contributed by atoms with Gasteiger partial charge in [0.2, 0.25) is 5.91 Å². The number of carbonyl (C=O) groups excluding carboxylic acids is 1. The molecule has 0 spiro atoms. The van der Waals surface area contributed by atoms with Gasteiger partial charge in [-0.25, -0.2) is 8.42 Å². The van der Waals surface area contributed by atoms with Gasteiger partial charge in [0, 0.05) is 19.5 Å². The van der Waals surface area contributed by atoms with Crippen LogP contribution in [0.5, 0.6) is 0 Å². The third-order valence-electron chi connectivity index (χ3n) is 5.60. The molecule has 1 aromatic carbocycles. The standard InChI is InChI=1S/C24H37Cl2NO5S/c1-3-5-7-9-15-27(16-10-8-6-4-2)24(30)19(11-14-23(28)29)18-33(31,32)20-12-13-21(25)22(26)17-20/h12-13,17,19H,3-11,14-16,18H2,1-2H3,(H,28,29). The molecule has 9 heteroatoms. The molecule has 1 amide bonds. The number of halogens is 2. The zero-order valence-electron chi connectivity index (χ0n) is 19.7. The second-order valence-electron chi connectivity index (χ2n) is 8.43. The van der Waals surface area contributed by atoms with Crippen molar-refractivity contribution in [3.8, 4) is 0 Å². The molecule has 0 radical (unpaired) electrons. The lowest BCUT2D eigenvalue weighted by Crippen LogP contribution is -2.40. The van der Waals surface area contributed by atoms with E-state index in [4.69, 9.17) is 28.3 Å². The van der Waals surface area contributed by atoms with Crippen molar-refractivity contribution in [1.29, 1.82) is 0 Å². The quantitative estimate of drug-likeness (QED) is 0.245. The van der Waals surface area contributed by atoms with Gasteiger partial charge < -0.3 is 10.0 Å². The maximum absolute atomic E-state index is 13.4. The molecule has 1 atom stereocenters. The maximum atomic E-state index is 13.4. The SMILES string of the molecule is CCCCCCN(CCCCCC)C(=O)C(CCC(=O)O)CS(=O)(=O)c1ccc(Cl)c(Cl)c1. The van der Waals surface area contributed by atoms with Gasteiger partial charge >= 0.3 is 5.97 Å². The molecule has 1 rings (SSSR count). The van der Waals surface area contributed by atoms with Crippen LogP contribution in [-0.4, -0.2) is 49.1 Å². The molecule has 0 saturated heterocycles. The number of nitrogens with zero attached hydrogens (tertiary/aromatic N) is 1. The van der Waals surface area contributed by atoms with Gasteiger partial charge in [-0.05, 0) is 37.5 Å². The van der Waals surface area contributed by atoms with E-state index in [9.17, 15) is 18.0 Å². The number of rotatable bonds is 17. The van der Waals surface area contributed by atoms with Crippen LogP contribution in [0.4, 0.5) is 0 Å². The molecular weight excluding hydrogens is 485 g/mol. The smallest absolute Gasteiger partial charge is 0.303 e. The average Bonchev–Trinajstić information content (AvgIpc) is 2.76. The van der Waals surface area contributed by atoms with Crippen LogP contribution in [0.2, 0.25) is 10.0 Å². The van der Waals surface area contributed by atoms with Crippen molar-refractivity contribution in [2.24, 2.45) is 5.92 Å². The number of unbranched alkanes of at least 4 members (excludes halogenated alkanes) is 6. The summed E-state index contributed by atoms with van der Waals surface area (Å²) in [6, 6.07) is 4.03. The number of aliphatic carboxylic acids is 1. The molecule has 0 fully saturated rings. The normalized spacial score (nSPS) is 12.5. The monoisotopic (exact) mass is 521 g/mol. The Morgan fingerprint density at radius 1 is 0.939 bits per heavy atom. The van der Waals surface area contributed by atoms with Crippen molar-refractivity contribution in [2.45, 2.75) is 83.0 Å². The zero-order valence-corrected chi connectivity index (χ0v) is 22.0. The summed E-state index contributed by atoms with van der Waals surface area (Å²) in [5.74, 6) is -2.74. The van der Waals surface area contributed by atoms with Gasteiger partial charge in [-0.1, -0.05) is 75.6 Å². The fourth-order valence-electron chi connectivity index (χ4n) is 3.66. The number of sulfone groups is 1. The second kappa shape index (κ2) is 15.6. The molecule has 6 nitrogen and oxygen atoms in total.